The lowest BCUT2D eigenvalue weighted by Crippen LogP contribution is -2.15. The minimum atomic E-state index is -0.379. The number of rotatable bonds is 7. The van der Waals surface area contributed by atoms with E-state index >= 15 is 0 Å². The Morgan fingerprint density at radius 3 is 2.58 bits per heavy atom. The van der Waals surface area contributed by atoms with Gasteiger partial charge in [0.25, 0.3) is 0 Å². The largest absolute Gasteiger partial charge is 0.369 e. The summed E-state index contributed by atoms with van der Waals surface area (Å²) in [5, 5.41) is 2.92. The van der Waals surface area contributed by atoms with Gasteiger partial charge >= 0.3 is 0 Å². The average molecular weight is 342 g/mol. The normalized spacial score (nSPS) is 10.4. The first-order valence-corrected chi connectivity index (χ1v) is 8.80. The summed E-state index contributed by atoms with van der Waals surface area (Å²) >= 11 is 1.33. The van der Waals surface area contributed by atoms with Crippen LogP contribution in [0, 0.1) is 13.8 Å². The summed E-state index contributed by atoms with van der Waals surface area (Å²) < 4.78 is 0. The van der Waals surface area contributed by atoms with Gasteiger partial charge in [-0.2, -0.15) is 0 Å². The highest BCUT2D eigenvalue weighted by atomic mass is 32.2. The van der Waals surface area contributed by atoms with Crippen LogP contribution in [0.5, 0.6) is 0 Å². The van der Waals surface area contributed by atoms with E-state index in [0.29, 0.717) is 12.8 Å². The van der Waals surface area contributed by atoms with Gasteiger partial charge in [0.2, 0.25) is 11.8 Å². The Bertz CT molecular complexity index is 744. The smallest absolute Gasteiger partial charge is 0.227 e. The molecule has 0 aromatic heterocycles. The van der Waals surface area contributed by atoms with Gasteiger partial charge in [-0.3, -0.25) is 9.59 Å². The standard InChI is InChI=1S/C19H22N2O2S/c1-13-7-8-15(14(2)11-13)9-10-19(23)21-16-5-3-4-6-17(16)24-12-18(20)22/h3-8,11H,9-10,12H2,1-2H3,(H2,20,22)(H,21,23). The van der Waals surface area contributed by atoms with Crippen molar-refractivity contribution in [3.05, 3.63) is 59.2 Å². The highest BCUT2D eigenvalue weighted by Crippen LogP contribution is 2.27. The van der Waals surface area contributed by atoms with Crippen molar-refractivity contribution in [3.63, 3.8) is 0 Å². The average Bonchev–Trinajstić information content (AvgIpc) is 2.53. The molecule has 2 aromatic rings. The molecule has 0 aliphatic rings. The fourth-order valence-electron chi connectivity index (χ4n) is 2.43. The topological polar surface area (TPSA) is 72.2 Å². The van der Waals surface area contributed by atoms with Crippen molar-refractivity contribution in [1.82, 2.24) is 0 Å². The monoisotopic (exact) mass is 342 g/mol. The van der Waals surface area contributed by atoms with E-state index in [1.54, 1.807) is 0 Å². The SMILES string of the molecule is Cc1ccc(CCC(=O)Nc2ccccc2SCC(N)=O)c(C)c1. The van der Waals surface area contributed by atoms with Gasteiger partial charge in [-0.15, -0.1) is 11.8 Å². The third kappa shape index (κ3) is 5.42. The minimum absolute atomic E-state index is 0.0397. The Morgan fingerprint density at radius 1 is 1.12 bits per heavy atom. The van der Waals surface area contributed by atoms with Crippen LogP contribution in [0.2, 0.25) is 0 Å². The number of carbonyl (C=O) groups excluding carboxylic acids is 2. The summed E-state index contributed by atoms with van der Waals surface area (Å²) in [4.78, 5) is 24.0. The number of anilines is 1. The molecule has 0 atom stereocenters. The van der Waals surface area contributed by atoms with Crippen LogP contribution in [0.15, 0.2) is 47.4 Å². The van der Waals surface area contributed by atoms with Gasteiger partial charge in [-0.25, -0.2) is 0 Å². The fraction of sp³-hybridized carbons (Fsp3) is 0.263. The second-order valence-electron chi connectivity index (χ2n) is 5.73. The molecular formula is C19H22N2O2S. The van der Waals surface area contributed by atoms with Crippen molar-refractivity contribution in [1.29, 1.82) is 0 Å². The molecule has 0 unspecified atom stereocenters. The molecule has 0 bridgehead atoms. The number of amides is 2. The maximum Gasteiger partial charge on any atom is 0.227 e. The molecule has 2 rings (SSSR count). The predicted molar refractivity (Wildman–Crippen MR) is 99.2 cm³/mol. The van der Waals surface area contributed by atoms with E-state index < -0.39 is 0 Å². The summed E-state index contributed by atoms with van der Waals surface area (Å²) in [5.41, 5.74) is 9.52. The maximum atomic E-state index is 12.2. The molecule has 3 N–H and O–H groups in total. The van der Waals surface area contributed by atoms with E-state index in [1.165, 1.54) is 28.5 Å². The molecule has 0 aliphatic carbocycles. The van der Waals surface area contributed by atoms with Crippen molar-refractivity contribution < 1.29 is 9.59 Å². The molecule has 2 amide bonds. The van der Waals surface area contributed by atoms with Gasteiger partial charge in [0, 0.05) is 11.3 Å². The van der Waals surface area contributed by atoms with Crippen molar-refractivity contribution in [2.75, 3.05) is 11.1 Å². The van der Waals surface area contributed by atoms with Crippen molar-refractivity contribution in [3.8, 4) is 0 Å². The number of nitrogens with one attached hydrogen (secondary N) is 1. The molecule has 0 radical (unpaired) electrons. The number of benzene rings is 2. The molecular weight excluding hydrogens is 320 g/mol. The number of primary amides is 1. The first-order chi connectivity index (χ1) is 11.5. The highest BCUT2D eigenvalue weighted by molar-refractivity contribution is 8.00. The van der Waals surface area contributed by atoms with Crippen LogP contribution in [0.1, 0.15) is 23.1 Å². The zero-order chi connectivity index (χ0) is 17.5. The Balaban J connectivity index is 1.96. The Hall–Kier alpha value is -2.27. The number of nitrogens with two attached hydrogens (primary N) is 1. The quantitative estimate of drug-likeness (QED) is 0.757. The number of aryl methyl sites for hydroxylation is 3. The van der Waals surface area contributed by atoms with Crippen LogP contribution in [0.25, 0.3) is 0 Å². The summed E-state index contributed by atoms with van der Waals surface area (Å²) in [5.74, 6) is -0.229. The van der Waals surface area contributed by atoms with Crippen molar-refractivity contribution in [2.24, 2.45) is 5.73 Å². The fourth-order valence-corrected chi connectivity index (χ4v) is 3.18. The molecule has 24 heavy (non-hydrogen) atoms. The number of carbonyl (C=O) groups is 2. The van der Waals surface area contributed by atoms with Crippen molar-refractivity contribution >= 4 is 29.3 Å². The number of thioether (sulfide) groups is 1. The van der Waals surface area contributed by atoms with E-state index in [4.69, 9.17) is 5.73 Å². The van der Waals surface area contributed by atoms with Crippen LogP contribution in [0.4, 0.5) is 5.69 Å². The molecule has 4 nitrogen and oxygen atoms in total. The number of hydrogen-bond donors (Lipinski definition) is 2. The zero-order valence-corrected chi connectivity index (χ0v) is 14.8. The molecule has 0 aliphatic heterocycles. The molecule has 0 heterocycles. The maximum absolute atomic E-state index is 12.2. The van der Waals surface area contributed by atoms with Crippen LogP contribution < -0.4 is 11.1 Å². The van der Waals surface area contributed by atoms with Crippen LogP contribution in [0.3, 0.4) is 0 Å². The second-order valence-corrected chi connectivity index (χ2v) is 6.75. The second kappa shape index (κ2) is 8.55. The van der Waals surface area contributed by atoms with Crippen LogP contribution >= 0.6 is 11.8 Å². The Morgan fingerprint density at radius 2 is 1.88 bits per heavy atom. The first-order valence-electron chi connectivity index (χ1n) is 7.82. The molecule has 126 valence electrons. The molecule has 0 saturated heterocycles. The van der Waals surface area contributed by atoms with E-state index in [1.807, 2.05) is 24.3 Å². The molecule has 0 spiro atoms. The van der Waals surface area contributed by atoms with Crippen molar-refractivity contribution in [2.45, 2.75) is 31.6 Å². The summed E-state index contributed by atoms with van der Waals surface area (Å²) in [6.45, 7) is 4.13. The first kappa shape index (κ1) is 18.1. The number of para-hydroxylation sites is 1. The number of hydrogen-bond acceptors (Lipinski definition) is 3. The summed E-state index contributed by atoms with van der Waals surface area (Å²) in [6.07, 6.45) is 1.12. The Kier molecular flexibility index (Phi) is 6.44. The summed E-state index contributed by atoms with van der Waals surface area (Å²) in [7, 11) is 0. The molecule has 5 heteroatoms. The zero-order valence-electron chi connectivity index (χ0n) is 14.0. The molecule has 0 fully saturated rings. The lowest BCUT2D eigenvalue weighted by Gasteiger charge is -2.11. The van der Waals surface area contributed by atoms with Gasteiger partial charge in [-0.05, 0) is 43.5 Å². The third-order valence-electron chi connectivity index (χ3n) is 3.65. The molecule has 0 saturated carbocycles. The third-order valence-corrected chi connectivity index (χ3v) is 4.75. The minimum Gasteiger partial charge on any atom is -0.369 e. The van der Waals surface area contributed by atoms with E-state index in [-0.39, 0.29) is 17.6 Å². The van der Waals surface area contributed by atoms with E-state index in [2.05, 4.69) is 37.4 Å². The van der Waals surface area contributed by atoms with Gasteiger partial charge in [0.15, 0.2) is 0 Å². The van der Waals surface area contributed by atoms with Crippen LogP contribution in [-0.4, -0.2) is 17.6 Å². The van der Waals surface area contributed by atoms with Gasteiger partial charge in [0.05, 0.1) is 11.4 Å². The van der Waals surface area contributed by atoms with Gasteiger partial charge < -0.3 is 11.1 Å². The van der Waals surface area contributed by atoms with Gasteiger partial charge in [0.1, 0.15) is 0 Å². The van der Waals surface area contributed by atoms with Gasteiger partial charge in [-0.1, -0.05) is 35.9 Å². The summed E-state index contributed by atoms with van der Waals surface area (Å²) in [6, 6.07) is 13.7. The lowest BCUT2D eigenvalue weighted by atomic mass is 10.0. The highest BCUT2D eigenvalue weighted by Gasteiger charge is 2.09. The molecule has 2 aromatic carbocycles. The van der Waals surface area contributed by atoms with E-state index in [9.17, 15) is 9.59 Å². The predicted octanol–water partition coefficient (Wildman–Crippen LogP) is 3.45. The van der Waals surface area contributed by atoms with E-state index in [0.717, 1.165) is 10.6 Å². The Labute approximate surface area is 146 Å². The van der Waals surface area contributed by atoms with Crippen LogP contribution in [-0.2, 0) is 16.0 Å². The lowest BCUT2D eigenvalue weighted by molar-refractivity contribution is -0.116.